The van der Waals surface area contributed by atoms with E-state index < -0.39 is 0 Å². The van der Waals surface area contributed by atoms with Crippen LogP contribution in [0.5, 0.6) is 5.75 Å². The van der Waals surface area contributed by atoms with Crippen molar-refractivity contribution in [2.24, 2.45) is 0 Å². The largest absolute Gasteiger partial charge is 0.497 e. The number of hydrogen-bond donors (Lipinski definition) is 3. The molecule has 0 bridgehead atoms. The summed E-state index contributed by atoms with van der Waals surface area (Å²) in [6.45, 7) is 1.07. The van der Waals surface area contributed by atoms with E-state index in [9.17, 15) is 4.79 Å². The molecule has 0 aliphatic rings. The highest BCUT2D eigenvalue weighted by atomic mass is 35.5. The topological polar surface area (TPSA) is 110 Å². The van der Waals surface area contributed by atoms with E-state index in [0.29, 0.717) is 41.7 Å². The van der Waals surface area contributed by atoms with Gasteiger partial charge in [0.15, 0.2) is 5.65 Å². The second kappa shape index (κ2) is 10.3. The number of amides is 2. The fourth-order valence-corrected chi connectivity index (χ4v) is 3.78. The average Bonchev–Trinajstić information content (AvgIpc) is 3.21. The van der Waals surface area contributed by atoms with Crippen LogP contribution in [0.1, 0.15) is 11.1 Å². The summed E-state index contributed by atoms with van der Waals surface area (Å²) in [5.74, 6) is 1.54. The van der Waals surface area contributed by atoms with E-state index >= 15 is 0 Å². The van der Waals surface area contributed by atoms with Crippen molar-refractivity contribution in [2.45, 2.75) is 13.0 Å². The Kier molecular flexibility index (Phi) is 7.03. The number of urea groups is 1. The minimum atomic E-state index is -0.353. The Hall–Kier alpha value is -3.98. The molecule has 0 atom stereocenters. The van der Waals surface area contributed by atoms with Crippen molar-refractivity contribution in [3.63, 3.8) is 0 Å². The number of nitrogen functional groups attached to an aromatic ring is 1. The van der Waals surface area contributed by atoms with Crippen LogP contribution in [0.25, 0.3) is 5.65 Å². The van der Waals surface area contributed by atoms with E-state index in [-0.39, 0.29) is 6.03 Å². The van der Waals surface area contributed by atoms with Gasteiger partial charge in [-0.15, -0.1) is 0 Å². The number of nitrogens with two attached hydrogens (primary N) is 1. The zero-order valence-corrected chi connectivity index (χ0v) is 19.7. The van der Waals surface area contributed by atoms with Gasteiger partial charge < -0.3 is 26.0 Å². The van der Waals surface area contributed by atoms with Crippen molar-refractivity contribution in [3.05, 3.63) is 77.1 Å². The van der Waals surface area contributed by atoms with Crippen LogP contribution >= 0.6 is 11.6 Å². The standard InChI is InChI=1S/C24H26ClN7O2/c1-31(15-17-6-8-19(34-2)9-7-17)22-13-21(25)30-23-20(14-28-32(22)23)29-24(33)27-11-10-16-4-3-5-18(26)12-16/h3-9,12-14H,10-11,15,26H2,1-2H3,(H2,27,29,33). The van der Waals surface area contributed by atoms with Crippen LogP contribution in [0.2, 0.25) is 5.15 Å². The van der Waals surface area contributed by atoms with Gasteiger partial charge in [-0.3, -0.25) is 0 Å². The van der Waals surface area contributed by atoms with E-state index in [4.69, 9.17) is 22.1 Å². The molecule has 4 rings (SSSR count). The van der Waals surface area contributed by atoms with Crippen molar-refractivity contribution in [3.8, 4) is 5.75 Å². The predicted octanol–water partition coefficient (Wildman–Crippen LogP) is 3.97. The fourth-order valence-electron chi connectivity index (χ4n) is 3.60. The molecule has 10 heteroatoms. The van der Waals surface area contributed by atoms with Gasteiger partial charge in [0.05, 0.1) is 13.3 Å². The molecule has 2 aromatic heterocycles. The molecule has 0 aliphatic heterocycles. The molecule has 2 heterocycles. The Bertz CT molecular complexity index is 1290. The molecule has 0 saturated carbocycles. The number of carbonyl (C=O) groups is 1. The lowest BCUT2D eigenvalue weighted by Gasteiger charge is -2.20. The van der Waals surface area contributed by atoms with Gasteiger partial charge in [0.2, 0.25) is 0 Å². The Labute approximate surface area is 202 Å². The van der Waals surface area contributed by atoms with Gasteiger partial charge in [-0.05, 0) is 41.8 Å². The van der Waals surface area contributed by atoms with Gasteiger partial charge in [0, 0.05) is 31.9 Å². The SMILES string of the molecule is COc1ccc(CN(C)c2cc(Cl)nc3c(NC(=O)NCCc4cccc(N)c4)cnn23)cc1. The molecule has 0 radical (unpaired) electrons. The first-order valence-electron chi connectivity index (χ1n) is 10.7. The van der Waals surface area contributed by atoms with Crippen LogP contribution in [0, 0.1) is 0 Å². The molecule has 4 N–H and O–H groups in total. The molecular weight excluding hydrogens is 454 g/mol. The van der Waals surface area contributed by atoms with E-state index in [0.717, 1.165) is 22.7 Å². The van der Waals surface area contributed by atoms with Gasteiger partial charge in [0.1, 0.15) is 22.4 Å². The molecule has 0 aliphatic carbocycles. The first kappa shape index (κ1) is 23.2. The monoisotopic (exact) mass is 479 g/mol. The van der Waals surface area contributed by atoms with E-state index in [2.05, 4.69) is 20.7 Å². The number of rotatable bonds is 8. The van der Waals surface area contributed by atoms with Crippen LogP contribution in [0.15, 0.2) is 60.8 Å². The van der Waals surface area contributed by atoms with Crippen LogP contribution < -0.4 is 26.0 Å². The molecule has 0 spiro atoms. The van der Waals surface area contributed by atoms with Gasteiger partial charge in [-0.25, -0.2) is 9.78 Å². The number of methoxy groups -OCH3 is 1. The minimum absolute atomic E-state index is 0.301. The molecule has 4 aromatic rings. The van der Waals surface area contributed by atoms with Crippen LogP contribution in [0.3, 0.4) is 0 Å². The summed E-state index contributed by atoms with van der Waals surface area (Å²) in [5, 5.41) is 10.4. The second-order valence-electron chi connectivity index (χ2n) is 7.81. The lowest BCUT2D eigenvalue weighted by atomic mass is 10.1. The maximum absolute atomic E-state index is 12.4. The molecule has 9 nitrogen and oxygen atoms in total. The highest BCUT2D eigenvalue weighted by Gasteiger charge is 2.16. The highest BCUT2D eigenvalue weighted by Crippen LogP contribution is 2.25. The van der Waals surface area contributed by atoms with E-state index in [1.165, 1.54) is 0 Å². The molecule has 0 fully saturated rings. The Morgan fingerprint density at radius 3 is 2.71 bits per heavy atom. The molecule has 2 aromatic carbocycles. The third-order valence-electron chi connectivity index (χ3n) is 5.29. The molecule has 34 heavy (non-hydrogen) atoms. The number of aromatic nitrogens is 3. The fraction of sp³-hybridized carbons (Fsp3) is 0.208. The van der Waals surface area contributed by atoms with Crippen LogP contribution in [-0.2, 0) is 13.0 Å². The number of carbonyl (C=O) groups excluding carboxylic acids is 1. The Morgan fingerprint density at radius 1 is 1.18 bits per heavy atom. The number of anilines is 3. The number of nitrogens with zero attached hydrogens (tertiary/aromatic N) is 4. The number of ether oxygens (including phenoxy) is 1. The Morgan fingerprint density at radius 2 is 1.97 bits per heavy atom. The third-order valence-corrected chi connectivity index (χ3v) is 5.48. The quantitative estimate of drug-likeness (QED) is 0.260. The Balaban J connectivity index is 1.44. The van der Waals surface area contributed by atoms with E-state index in [1.54, 1.807) is 23.9 Å². The summed E-state index contributed by atoms with van der Waals surface area (Å²) in [7, 11) is 3.58. The van der Waals surface area contributed by atoms with Crippen LogP contribution in [0.4, 0.5) is 22.0 Å². The first-order valence-corrected chi connectivity index (χ1v) is 11.1. The predicted molar refractivity (Wildman–Crippen MR) is 135 cm³/mol. The summed E-state index contributed by atoms with van der Waals surface area (Å²) in [4.78, 5) is 18.8. The maximum atomic E-state index is 12.4. The molecule has 0 saturated heterocycles. The van der Waals surface area contributed by atoms with Crippen molar-refractivity contribution >= 4 is 40.5 Å². The maximum Gasteiger partial charge on any atom is 0.319 e. The van der Waals surface area contributed by atoms with Gasteiger partial charge in [-0.1, -0.05) is 35.9 Å². The average molecular weight is 480 g/mol. The molecule has 0 unspecified atom stereocenters. The number of fused-ring (bicyclic) bond motifs is 1. The first-order chi connectivity index (χ1) is 16.4. The number of hydrogen-bond acceptors (Lipinski definition) is 6. The number of halogens is 1. The summed E-state index contributed by atoms with van der Waals surface area (Å²) >= 11 is 6.31. The molecular formula is C24H26ClN7O2. The van der Waals surface area contributed by atoms with Crippen molar-refractivity contribution < 1.29 is 9.53 Å². The van der Waals surface area contributed by atoms with Gasteiger partial charge >= 0.3 is 6.03 Å². The van der Waals surface area contributed by atoms with Crippen molar-refractivity contribution in [2.75, 3.05) is 36.7 Å². The lowest BCUT2D eigenvalue weighted by molar-refractivity contribution is 0.252. The van der Waals surface area contributed by atoms with Crippen molar-refractivity contribution in [1.82, 2.24) is 19.9 Å². The smallest absolute Gasteiger partial charge is 0.319 e. The number of benzene rings is 2. The molecule has 2 amide bonds. The van der Waals surface area contributed by atoms with Gasteiger partial charge in [-0.2, -0.15) is 9.61 Å². The summed E-state index contributed by atoms with van der Waals surface area (Å²) in [5.41, 5.74) is 9.55. The summed E-state index contributed by atoms with van der Waals surface area (Å²) in [6, 6.07) is 16.8. The van der Waals surface area contributed by atoms with Gasteiger partial charge in [0.25, 0.3) is 0 Å². The highest BCUT2D eigenvalue weighted by molar-refractivity contribution is 6.29. The molecule has 176 valence electrons. The van der Waals surface area contributed by atoms with Crippen molar-refractivity contribution in [1.29, 1.82) is 0 Å². The second-order valence-corrected chi connectivity index (χ2v) is 8.20. The summed E-state index contributed by atoms with van der Waals surface area (Å²) in [6.07, 6.45) is 2.22. The number of nitrogens with one attached hydrogen (secondary N) is 2. The minimum Gasteiger partial charge on any atom is -0.497 e. The third kappa shape index (κ3) is 5.49. The zero-order chi connectivity index (χ0) is 24.1. The summed E-state index contributed by atoms with van der Waals surface area (Å²) < 4.78 is 6.87. The lowest BCUT2D eigenvalue weighted by Crippen LogP contribution is -2.30. The normalized spacial score (nSPS) is 10.8. The zero-order valence-electron chi connectivity index (χ0n) is 19.0. The van der Waals surface area contributed by atoms with Crippen LogP contribution in [-0.4, -0.2) is 41.3 Å². The van der Waals surface area contributed by atoms with E-state index in [1.807, 2.05) is 60.5 Å².